The fourth-order valence-electron chi connectivity index (χ4n) is 2.89. The van der Waals surface area contributed by atoms with Crippen LogP contribution in [0.3, 0.4) is 0 Å². The molecule has 1 aliphatic rings. The molecule has 2 aromatic rings. The van der Waals surface area contributed by atoms with Gasteiger partial charge in [0.15, 0.2) is 0 Å². The van der Waals surface area contributed by atoms with Gasteiger partial charge in [-0.25, -0.2) is 4.79 Å². The van der Waals surface area contributed by atoms with Crippen LogP contribution in [0.2, 0.25) is 5.02 Å². The molecule has 1 fully saturated rings. The number of benzene rings is 2. The van der Waals surface area contributed by atoms with Crippen molar-refractivity contribution in [1.82, 2.24) is 5.32 Å². The van der Waals surface area contributed by atoms with Crippen LogP contribution in [0.15, 0.2) is 54.6 Å². The van der Waals surface area contributed by atoms with Crippen molar-refractivity contribution in [2.75, 3.05) is 0 Å². The third kappa shape index (κ3) is 3.44. The fourth-order valence-corrected chi connectivity index (χ4v) is 3.01. The first-order valence-corrected chi connectivity index (χ1v) is 8.23. The Morgan fingerprint density at radius 1 is 1.08 bits per heavy atom. The Morgan fingerprint density at radius 2 is 1.71 bits per heavy atom. The summed E-state index contributed by atoms with van der Waals surface area (Å²) in [6.07, 6.45) is 1.70. The summed E-state index contributed by atoms with van der Waals surface area (Å²) in [7, 11) is 0. The molecular formula is C19H18ClNO3. The van der Waals surface area contributed by atoms with E-state index in [-0.39, 0.29) is 12.3 Å². The van der Waals surface area contributed by atoms with Crippen molar-refractivity contribution in [1.29, 1.82) is 0 Å². The lowest BCUT2D eigenvalue weighted by molar-refractivity contribution is -0.142. The molecule has 2 aromatic carbocycles. The van der Waals surface area contributed by atoms with E-state index in [1.807, 2.05) is 42.5 Å². The molecule has 0 bridgehead atoms. The molecule has 0 aliphatic heterocycles. The Bertz CT molecular complexity index is 739. The van der Waals surface area contributed by atoms with Gasteiger partial charge in [0.05, 0.1) is 5.41 Å². The first-order valence-electron chi connectivity index (χ1n) is 7.85. The number of halogens is 1. The van der Waals surface area contributed by atoms with E-state index >= 15 is 0 Å². The number of carboxylic acid groups (broad SMARTS) is 1. The van der Waals surface area contributed by atoms with Crippen molar-refractivity contribution >= 4 is 23.5 Å². The van der Waals surface area contributed by atoms with Crippen LogP contribution in [-0.2, 0) is 21.4 Å². The fraction of sp³-hybridized carbons (Fsp3) is 0.263. The van der Waals surface area contributed by atoms with E-state index in [0.717, 1.165) is 24.0 Å². The average Bonchev–Trinajstić information content (AvgIpc) is 3.37. The number of amides is 1. The van der Waals surface area contributed by atoms with Crippen molar-refractivity contribution in [3.05, 3.63) is 70.7 Å². The Hall–Kier alpha value is -2.33. The highest BCUT2D eigenvalue weighted by molar-refractivity contribution is 6.30. The molecule has 0 heterocycles. The normalized spacial score (nSPS) is 16.2. The predicted octanol–water partition coefficient (Wildman–Crippen LogP) is 3.18. The second-order valence-electron chi connectivity index (χ2n) is 6.14. The zero-order chi connectivity index (χ0) is 17.2. The maximum Gasteiger partial charge on any atom is 0.326 e. The molecule has 4 nitrogen and oxygen atoms in total. The van der Waals surface area contributed by atoms with Gasteiger partial charge in [-0.05, 0) is 36.1 Å². The second-order valence-corrected chi connectivity index (χ2v) is 6.58. The van der Waals surface area contributed by atoms with E-state index < -0.39 is 17.4 Å². The van der Waals surface area contributed by atoms with E-state index in [0.29, 0.717) is 5.02 Å². The summed E-state index contributed by atoms with van der Waals surface area (Å²) in [4.78, 5) is 24.2. The zero-order valence-electron chi connectivity index (χ0n) is 13.0. The summed E-state index contributed by atoms with van der Waals surface area (Å²) in [5.74, 6) is -1.26. The predicted molar refractivity (Wildman–Crippen MR) is 92.1 cm³/mol. The second kappa shape index (κ2) is 6.65. The molecule has 1 aliphatic carbocycles. The van der Waals surface area contributed by atoms with Gasteiger partial charge in [-0.2, -0.15) is 0 Å². The van der Waals surface area contributed by atoms with Gasteiger partial charge in [0, 0.05) is 11.4 Å². The quantitative estimate of drug-likeness (QED) is 0.846. The van der Waals surface area contributed by atoms with E-state index in [9.17, 15) is 14.7 Å². The van der Waals surface area contributed by atoms with Crippen molar-refractivity contribution in [3.8, 4) is 0 Å². The SMILES string of the molecule is O=C(O)C(Cc1ccccc1)NC(=O)C1(c2ccc(Cl)cc2)CC1. The monoisotopic (exact) mass is 343 g/mol. The molecule has 0 aromatic heterocycles. The molecule has 3 rings (SSSR count). The third-order valence-corrected chi connectivity index (χ3v) is 4.72. The van der Waals surface area contributed by atoms with Gasteiger partial charge < -0.3 is 10.4 Å². The van der Waals surface area contributed by atoms with Crippen LogP contribution in [0.5, 0.6) is 0 Å². The van der Waals surface area contributed by atoms with Gasteiger partial charge in [0.1, 0.15) is 6.04 Å². The molecule has 1 unspecified atom stereocenters. The van der Waals surface area contributed by atoms with Crippen LogP contribution in [0.25, 0.3) is 0 Å². The summed E-state index contributed by atoms with van der Waals surface area (Å²) in [5, 5.41) is 12.8. The van der Waals surface area contributed by atoms with Crippen LogP contribution < -0.4 is 5.32 Å². The minimum Gasteiger partial charge on any atom is -0.480 e. The van der Waals surface area contributed by atoms with Crippen molar-refractivity contribution in [3.63, 3.8) is 0 Å². The van der Waals surface area contributed by atoms with Gasteiger partial charge in [-0.15, -0.1) is 0 Å². The number of hydrogen-bond acceptors (Lipinski definition) is 2. The van der Waals surface area contributed by atoms with Gasteiger partial charge in [0.2, 0.25) is 5.91 Å². The van der Waals surface area contributed by atoms with E-state index in [2.05, 4.69) is 5.32 Å². The Balaban J connectivity index is 1.74. The third-order valence-electron chi connectivity index (χ3n) is 4.47. The Labute approximate surface area is 145 Å². The maximum atomic E-state index is 12.7. The molecule has 0 saturated heterocycles. The zero-order valence-corrected chi connectivity index (χ0v) is 13.8. The first kappa shape index (κ1) is 16.5. The van der Waals surface area contributed by atoms with E-state index in [1.165, 1.54) is 0 Å². The van der Waals surface area contributed by atoms with Crippen LogP contribution in [0.4, 0.5) is 0 Å². The van der Waals surface area contributed by atoms with Crippen LogP contribution in [0, 0.1) is 0 Å². The van der Waals surface area contributed by atoms with Gasteiger partial charge in [-0.3, -0.25) is 4.79 Å². The van der Waals surface area contributed by atoms with Gasteiger partial charge >= 0.3 is 5.97 Å². The minimum absolute atomic E-state index is 0.229. The van der Waals surface area contributed by atoms with E-state index in [1.54, 1.807) is 12.1 Å². The number of nitrogens with one attached hydrogen (secondary N) is 1. The van der Waals surface area contributed by atoms with Crippen LogP contribution >= 0.6 is 11.6 Å². The highest BCUT2D eigenvalue weighted by Gasteiger charge is 2.51. The molecule has 124 valence electrons. The first-order chi connectivity index (χ1) is 11.5. The maximum absolute atomic E-state index is 12.7. The summed E-state index contributed by atoms with van der Waals surface area (Å²) in [6.45, 7) is 0. The molecule has 1 atom stereocenters. The van der Waals surface area contributed by atoms with Crippen molar-refractivity contribution in [2.45, 2.75) is 30.7 Å². The topological polar surface area (TPSA) is 66.4 Å². The summed E-state index contributed by atoms with van der Waals surface area (Å²) in [6, 6.07) is 15.5. The molecule has 1 amide bonds. The number of aliphatic carboxylic acids is 1. The van der Waals surface area contributed by atoms with Crippen molar-refractivity contribution < 1.29 is 14.7 Å². The molecule has 2 N–H and O–H groups in total. The molecular weight excluding hydrogens is 326 g/mol. The summed E-state index contributed by atoms with van der Waals surface area (Å²) >= 11 is 5.90. The number of carbonyl (C=O) groups is 2. The lowest BCUT2D eigenvalue weighted by Crippen LogP contribution is -2.46. The lowest BCUT2D eigenvalue weighted by atomic mass is 9.94. The molecule has 0 spiro atoms. The van der Waals surface area contributed by atoms with Crippen LogP contribution in [-0.4, -0.2) is 23.0 Å². The molecule has 1 saturated carbocycles. The lowest BCUT2D eigenvalue weighted by Gasteiger charge is -2.20. The number of hydrogen-bond donors (Lipinski definition) is 2. The molecule has 0 radical (unpaired) electrons. The van der Waals surface area contributed by atoms with E-state index in [4.69, 9.17) is 11.6 Å². The van der Waals surface area contributed by atoms with Crippen molar-refractivity contribution in [2.24, 2.45) is 0 Å². The highest BCUT2D eigenvalue weighted by atomic mass is 35.5. The summed E-state index contributed by atoms with van der Waals surface area (Å²) in [5.41, 5.74) is 1.14. The number of rotatable bonds is 6. The highest BCUT2D eigenvalue weighted by Crippen LogP contribution is 2.48. The minimum atomic E-state index is -1.03. The molecule has 24 heavy (non-hydrogen) atoms. The smallest absolute Gasteiger partial charge is 0.326 e. The largest absolute Gasteiger partial charge is 0.480 e. The van der Waals surface area contributed by atoms with Gasteiger partial charge in [-0.1, -0.05) is 54.1 Å². The number of carbonyl (C=O) groups excluding carboxylic acids is 1. The Morgan fingerprint density at radius 3 is 2.25 bits per heavy atom. The van der Waals surface area contributed by atoms with Gasteiger partial charge in [0.25, 0.3) is 0 Å². The standard InChI is InChI=1S/C19H18ClNO3/c20-15-8-6-14(7-9-15)19(10-11-19)18(24)21-16(17(22)23)12-13-4-2-1-3-5-13/h1-9,16H,10-12H2,(H,21,24)(H,22,23). The summed E-state index contributed by atoms with van der Waals surface area (Å²) < 4.78 is 0. The molecule has 5 heteroatoms. The van der Waals surface area contributed by atoms with Crippen LogP contribution in [0.1, 0.15) is 24.0 Å². The Kier molecular flexibility index (Phi) is 4.58. The number of carboxylic acids is 1. The average molecular weight is 344 g/mol.